The highest BCUT2D eigenvalue weighted by Gasteiger charge is 2.20. The van der Waals surface area contributed by atoms with Gasteiger partial charge in [0.15, 0.2) is 0 Å². The number of halogens is 1. The van der Waals surface area contributed by atoms with Crippen molar-refractivity contribution in [3.63, 3.8) is 0 Å². The molecule has 2 aromatic rings. The van der Waals surface area contributed by atoms with Crippen LogP contribution in [-0.2, 0) is 17.9 Å². The van der Waals surface area contributed by atoms with Gasteiger partial charge in [-0.25, -0.2) is 9.18 Å². The number of benzene rings is 2. The highest BCUT2D eigenvalue weighted by atomic mass is 19.1. The summed E-state index contributed by atoms with van der Waals surface area (Å²) in [6.07, 6.45) is 0. The fraction of sp³-hybridized carbons (Fsp3) is 0.300. The zero-order chi connectivity index (χ0) is 19.4. The number of fused-ring (bicyclic) bond motifs is 1. The molecule has 0 atom stereocenters. The van der Waals surface area contributed by atoms with E-state index in [0.29, 0.717) is 31.9 Å². The Bertz CT molecular complexity index is 839. The molecule has 0 saturated carbocycles. The summed E-state index contributed by atoms with van der Waals surface area (Å²) in [5.74, 6) is 0.371. The van der Waals surface area contributed by atoms with Crippen LogP contribution in [0.3, 0.4) is 0 Å². The minimum Gasteiger partial charge on any atom is -0.491 e. The van der Waals surface area contributed by atoms with Crippen LogP contribution >= 0.6 is 0 Å². The van der Waals surface area contributed by atoms with Crippen molar-refractivity contribution in [2.75, 3.05) is 25.5 Å². The predicted octanol–water partition coefficient (Wildman–Crippen LogP) is 3.23. The van der Waals surface area contributed by atoms with Crippen LogP contribution in [0.2, 0.25) is 0 Å². The van der Waals surface area contributed by atoms with E-state index in [1.54, 1.807) is 16.8 Å². The molecule has 1 N–H and O–H groups in total. The van der Waals surface area contributed by atoms with E-state index in [2.05, 4.69) is 5.32 Å². The Labute approximate surface area is 157 Å². The minimum absolute atomic E-state index is 0.0125. The fourth-order valence-corrected chi connectivity index (χ4v) is 2.84. The molecule has 1 heterocycles. The third kappa shape index (κ3) is 4.75. The van der Waals surface area contributed by atoms with E-state index < -0.39 is 0 Å². The second kappa shape index (κ2) is 8.07. The molecule has 0 aliphatic carbocycles. The number of carbonyl (C=O) groups excluding carboxylic acids is 2. The molecule has 1 aliphatic heterocycles. The monoisotopic (exact) mass is 371 g/mol. The standard InChI is InChI=1S/C20H22FN3O3/c1-14(25)23(2)12-15-3-8-19-16(11-15)13-24(9-10-27-19)20(26)22-18-6-4-17(21)5-7-18/h3-8,11H,9-10,12-13H2,1-2H3,(H,22,26). The summed E-state index contributed by atoms with van der Waals surface area (Å²) in [7, 11) is 1.74. The maximum absolute atomic E-state index is 13.0. The Kier molecular flexibility index (Phi) is 5.59. The van der Waals surface area contributed by atoms with Gasteiger partial charge in [-0.2, -0.15) is 0 Å². The predicted molar refractivity (Wildman–Crippen MR) is 99.9 cm³/mol. The first kappa shape index (κ1) is 18.7. The Morgan fingerprint density at radius 3 is 2.67 bits per heavy atom. The van der Waals surface area contributed by atoms with E-state index in [9.17, 15) is 14.0 Å². The summed E-state index contributed by atoms with van der Waals surface area (Å²) >= 11 is 0. The van der Waals surface area contributed by atoms with E-state index in [-0.39, 0.29) is 17.8 Å². The molecule has 7 heteroatoms. The van der Waals surface area contributed by atoms with Crippen LogP contribution in [-0.4, -0.2) is 41.9 Å². The molecule has 0 saturated heterocycles. The Morgan fingerprint density at radius 1 is 1.22 bits per heavy atom. The molecular weight excluding hydrogens is 349 g/mol. The number of nitrogens with zero attached hydrogens (tertiary/aromatic N) is 2. The minimum atomic E-state index is -0.354. The number of anilines is 1. The Balaban J connectivity index is 1.72. The van der Waals surface area contributed by atoms with Crippen molar-refractivity contribution in [1.29, 1.82) is 0 Å². The van der Waals surface area contributed by atoms with E-state index in [4.69, 9.17) is 4.74 Å². The second-order valence-electron chi connectivity index (χ2n) is 6.52. The molecule has 2 aromatic carbocycles. The molecule has 142 valence electrons. The number of carbonyl (C=O) groups is 2. The molecule has 27 heavy (non-hydrogen) atoms. The third-order valence-corrected chi connectivity index (χ3v) is 4.44. The van der Waals surface area contributed by atoms with E-state index >= 15 is 0 Å². The highest BCUT2D eigenvalue weighted by Crippen LogP contribution is 2.25. The van der Waals surface area contributed by atoms with Crippen molar-refractivity contribution in [3.05, 3.63) is 59.4 Å². The second-order valence-corrected chi connectivity index (χ2v) is 6.52. The van der Waals surface area contributed by atoms with E-state index in [1.807, 2.05) is 18.2 Å². The quantitative estimate of drug-likeness (QED) is 0.901. The van der Waals surface area contributed by atoms with Crippen LogP contribution in [0.5, 0.6) is 5.75 Å². The summed E-state index contributed by atoms with van der Waals surface area (Å²) in [5, 5.41) is 2.77. The zero-order valence-corrected chi connectivity index (χ0v) is 15.4. The van der Waals surface area contributed by atoms with Crippen LogP contribution in [0.1, 0.15) is 18.1 Å². The van der Waals surface area contributed by atoms with Crippen molar-refractivity contribution >= 4 is 17.6 Å². The molecule has 3 rings (SSSR count). The van der Waals surface area contributed by atoms with Gasteiger partial charge in [0.25, 0.3) is 0 Å². The summed E-state index contributed by atoms with van der Waals surface area (Å²) in [6.45, 7) is 3.22. The van der Waals surface area contributed by atoms with Gasteiger partial charge in [0.2, 0.25) is 5.91 Å². The van der Waals surface area contributed by atoms with Gasteiger partial charge in [0.05, 0.1) is 13.1 Å². The zero-order valence-electron chi connectivity index (χ0n) is 15.4. The third-order valence-electron chi connectivity index (χ3n) is 4.44. The van der Waals surface area contributed by atoms with Gasteiger partial charge in [-0.1, -0.05) is 6.07 Å². The van der Waals surface area contributed by atoms with Crippen LogP contribution in [0.4, 0.5) is 14.9 Å². The van der Waals surface area contributed by atoms with Gasteiger partial charge >= 0.3 is 6.03 Å². The van der Waals surface area contributed by atoms with Crippen molar-refractivity contribution in [3.8, 4) is 5.75 Å². The average Bonchev–Trinajstić information content (AvgIpc) is 2.85. The Hall–Kier alpha value is -3.09. The van der Waals surface area contributed by atoms with Gasteiger partial charge < -0.3 is 19.9 Å². The molecule has 0 bridgehead atoms. The number of hydrogen-bond acceptors (Lipinski definition) is 3. The highest BCUT2D eigenvalue weighted by molar-refractivity contribution is 5.89. The number of ether oxygens (including phenoxy) is 1. The molecule has 1 aliphatic rings. The number of rotatable bonds is 3. The van der Waals surface area contributed by atoms with Gasteiger partial charge in [-0.15, -0.1) is 0 Å². The van der Waals surface area contributed by atoms with Gasteiger partial charge in [0.1, 0.15) is 18.2 Å². The molecule has 6 nitrogen and oxygen atoms in total. The fourth-order valence-electron chi connectivity index (χ4n) is 2.84. The summed E-state index contributed by atoms with van der Waals surface area (Å²) in [4.78, 5) is 27.3. The molecule has 0 radical (unpaired) electrons. The first-order chi connectivity index (χ1) is 12.9. The van der Waals surface area contributed by atoms with Crippen molar-refractivity contribution < 1.29 is 18.7 Å². The molecule has 0 spiro atoms. The molecule has 0 aromatic heterocycles. The topological polar surface area (TPSA) is 61.9 Å². The van der Waals surface area contributed by atoms with E-state index in [0.717, 1.165) is 16.9 Å². The lowest BCUT2D eigenvalue weighted by Gasteiger charge is -2.21. The van der Waals surface area contributed by atoms with Gasteiger partial charge in [-0.3, -0.25) is 4.79 Å². The number of urea groups is 1. The normalized spacial score (nSPS) is 13.2. The van der Waals surface area contributed by atoms with Gasteiger partial charge in [0, 0.05) is 31.8 Å². The number of hydrogen-bond donors (Lipinski definition) is 1. The average molecular weight is 371 g/mol. The summed E-state index contributed by atoms with van der Waals surface area (Å²) in [5.41, 5.74) is 2.38. The smallest absolute Gasteiger partial charge is 0.322 e. The van der Waals surface area contributed by atoms with Crippen LogP contribution in [0.25, 0.3) is 0 Å². The maximum atomic E-state index is 13.0. The molecule has 0 fully saturated rings. The van der Waals surface area contributed by atoms with Crippen molar-refractivity contribution in [1.82, 2.24) is 9.80 Å². The SMILES string of the molecule is CC(=O)N(C)Cc1ccc2c(c1)CN(C(=O)Nc1ccc(F)cc1)CCO2. The Morgan fingerprint density at radius 2 is 1.96 bits per heavy atom. The lowest BCUT2D eigenvalue weighted by atomic mass is 10.1. The van der Waals surface area contributed by atoms with Crippen molar-refractivity contribution in [2.45, 2.75) is 20.0 Å². The largest absolute Gasteiger partial charge is 0.491 e. The number of amides is 3. The maximum Gasteiger partial charge on any atom is 0.322 e. The molecule has 0 unspecified atom stereocenters. The lowest BCUT2D eigenvalue weighted by molar-refractivity contribution is -0.128. The lowest BCUT2D eigenvalue weighted by Crippen LogP contribution is -2.36. The summed E-state index contributed by atoms with van der Waals surface area (Å²) in [6, 6.07) is 11.1. The summed E-state index contributed by atoms with van der Waals surface area (Å²) < 4.78 is 18.8. The van der Waals surface area contributed by atoms with Crippen LogP contribution in [0.15, 0.2) is 42.5 Å². The van der Waals surface area contributed by atoms with Gasteiger partial charge in [-0.05, 0) is 42.0 Å². The first-order valence-corrected chi connectivity index (χ1v) is 8.70. The van der Waals surface area contributed by atoms with Crippen molar-refractivity contribution in [2.24, 2.45) is 0 Å². The van der Waals surface area contributed by atoms with Crippen LogP contribution in [0, 0.1) is 5.82 Å². The van der Waals surface area contributed by atoms with E-state index in [1.165, 1.54) is 31.2 Å². The first-order valence-electron chi connectivity index (χ1n) is 8.70. The van der Waals surface area contributed by atoms with Crippen LogP contribution < -0.4 is 10.1 Å². The number of nitrogens with one attached hydrogen (secondary N) is 1. The molecule has 3 amide bonds. The molecular formula is C20H22FN3O3.